The minimum atomic E-state index is 0.492. The molecule has 1 heterocycles. The summed E-state index contributed by atoms with van der Waals surface area (Å²) in [6.07, 6.45) is 3.35. The minimum absolute atomic E-state index is 0.492. The van der Waals surface area contributed by atoms with E-state index < -0.39 is 0 Å². The molecule has 94 valence electrons. The number of halogens is 3. The van der Waals surface area contributed by atoms with E-state index in [1.54, 1.807) is 0 Å². The second-order valence-corrected chi connectivity index (χ2v) is 6.75. The topological polar surface area (TPSA) is 21.3 Å². The van der Waals surface area contributed by atoms with E-state index >= 15 is 0 Å². The summed E-state index contributed by atoms with van der Waals surface area (Å²) in [5.74, 6) is 0. The van der Waals surface area contributed by atoms with Crippen LogP contribution in [0.2, 0.25) is 0 Å². The lowest BCUT2D eigenvalue weighted by atomic mass is 10.1. The Kier molecular flexibility index (Phi) is 5.33. The Balaban J connectivity index is 2.11. The molecule has 2 rings (SSSR count). The van der Waals surface area contributed by atoms with Gasteiger partial charge in [0.1, 0.15) is 0 Å². The van der Waals surface area contributed by atoms with Crippen molar-refractivity contribution in [3.63, 3.8) is 0 Å². The molecule has 0 bridgehead atoms. The molecular weight excluding hydrogens is 414 g/mol. The summed E-state index contributed by atoms with van der Waals surface area (Å²) in [7, 11) is 0. The summed E-state index contributed by atoms with van der Waals surface area (Å²) >= 11 is 10.7. The van der Waals surface area contributed by atoms with Gasteiger partial charge in [-0.1, -0.05) is 15.9 Å². The molecule has 1 unspecified atom stereocenters. The van der Waals surface area contributed by atoms with E-state index in [0.29, 0.717) is 6.04 Å². The van der Waals surface area contributed by atoms with Gasteiger partial charge in [0.05, 0.1) is 5.69 Å². The van der Waals surface area contributed by atoms with Crippen molar-refractivity contribution in [1.29, 1.82) is 0 Å². The highest BCUT2D eigenvalue weighted by molar-refractivity contribution is 9.11. The maximum absolute atomic E-state index is 5.47. The van der Waals surface area contributed by atoms with Crippen LogP contribution >= 0.6 is 47.8 Å². The van der Waals surface area contributed by atoms with Crippen molar-refractivity contribution in [1.82, 2.24) is 0 Å². The Labute approximate surface area is 127 Å². The van der Waals surface area contributed by atoms with Gasteiger partial charge in [0.15, 0.2) is 0 Å². The van der Waals surface area contributed by atoms with Crippen LogP contribution in [0.3, 0.4) is 0 Å². The molecule has 1 atom stereocenters. The predicted octanol–water partition coefficient (Wildman–Crippen LogP) is 4.96. The fourth-order valence-electron chi connectivity index (χ4n) is 1.93. The van der Waals surface area contributed by atoms with Gasteiger partial charge in [0.25, 0.3) is 0 Å². The number of anilines is 1. The average molecular weight is 428 g/mol. The van der Waals surface area contributed by atoms with E-state index in [1.165, 1.54) is 0 Å². The normalized spacial score (nSPS) is 21.0. The minimum Gasteiger partial charge on any atom is -0.381 e. The van der Waals surface area contributed by atoms with Gasteiger partial charge in [-0.2, -0.15) is 0 Å². The van der Waals surface area contributed by atoms with Crippen molar-refractivity contribution in [2.45, 2.75) is 25.3 Å². The lowest BCUT2D eigenvalue weighted by molar-refractivity contribution is 0.144. The van der Waals surface area contributed by atoms with Crippen LogP contribution in [0.15, 0.2) is 25.6 Å². The van der Waals surface area contributed by atoms with Crippen molar-refractivity contribution < 1.29 is 4.74 Å². The van der Waals surface area contributed by atoms with Crippen LogP contribution in [-0.4, -0.2) is 19.3 Å². The first-order valence-electron chi connectivity index (χ1n) is 5.65. The number of nitrogens with one attached hydrogen (secondary N) is 1. The Bertz CT molecular complexity index is 366. The maximum Gasteiger partial charge on any atom is 0.0631 e. The monoisotopic (exact) mass is 425 g/mol. The van der Waals surface area contributed by atoms with Gasteiger partial charge in [0, 0.05) is 32.7 Å². The maximum atomic E-state index is 5.47. The summed E-state index contributed by atoms with van der Waals surface area (Å²) < 4.78 is 8.68. The largest absolute Gasteiger partial charge is 0.381 e. The summed E-state index contributed by atoms with van der Waals surface area (Å²) in [6.45, 7) is 1.74. The standard InChI is InChI=1S/C12H14Br3NO/c13-8-6-10(14)12(11(15)7-8)16-9-2-1-4-17-5-3-9/h6-7,9,16H,1-5H2. The van der Waals surface area contributed by atoms with Crippen molar-refractivity contribution in [2.24, 2.45) is 0 Å². The van der Waals surface area contributed by atoms with Crippen LogP contribution < -0.4 is 5.32 Å². The highest BCUT2D eigenvalue weighted by atomic mass is 79.9. The average Bonchev–Trinajstić information content (AvgIpc) is 2.51. The third-order valence-corrected chi connectivity index (χ3v) is 4.52. The Morgan fingerprint density at radius 2 is 1.76 bits per heavy atom. The van der Waals surface area contributed by atoms with Crippen molar-refractivity contribution in [2.75, 3.05) is 18.5 Å². The molecule has 0 spiro atoms. The van der Waals surface area contributed by atoms with Gasteiger partial charge < -0.3 is 10.1 Å². The molecule has 1 aromatic carbocycles. The first-order valence-corrected chi connectivity index (χ1v) is 8.03. The summed E-state index contributed by atoms with van der Waals surface area (Å²) in [6, 6.07) is 4.60. The van der Waals surface area contributed by atoms with Crippen molar-refractivity contribution in [3.05, 3.63) is 25.6 Å². The quantitative estimate of drug-likeness (QED) is 0.720. The molecule has 0 aromatic heterocycles. The molecule has 2 nitrogen and oxygen atoms in total. The van der Waals surface area contributed by atoms with E-state index in [2.05, 4.69) is 65.2 Å². The fraction of sp³-hybridized carbons (Fsp3) is 0.500. The van der Waals surface area contributed by atoms with Crippen molar-refractivity contribution >= 4 is 53.5 Å². The molecule has 1 aliphatic heterocycles. The fourth-order valence-corrected chi connectivity index (χ4v) is 4.42. The number of hydrogen-bond acceptors (Lipinski definition) is 2. The third-order valence-electron chi connectivity index (χ3n) is 2.81. The van der Waals surface area contributed by atoms with E-state index in [0.717, 1.165) is 51.6 Å². The summed E-state index contributed by atoms with van der Waals surface area (Å²) in [4.78, 5) is 0. The zero-order valence-electron chi connectivity index (χ0n) is 9.31. The Hall–Kier alpha value is 0.420. The molecule has 1 aromatic rings. The third kappa shape index (κ3) is 3.94. The van der Waals surface area contributed by atoms with Crippen LogP contribution in [-0.2, 0) is 4.74 Å². The van der Waals surface area contributed by atoms with Gasteiger partial charge in [-0.25, -0.2) is 0 Å². The number of ether oxygens (including phenoxy) is 1. The summed E-state index contributed by atoms with van der Waals surface area (Å²) in [5.41, 5.74) is 1.13. The van der Waals surface area contributed by atoms with E-state index in [-0.39, 0.29) is 0 Å². The first kappa shape index (κ1) is 13.8. The SMILES string of the molecule is Brc1cc(Br)c(NC2CCCOCC2)c(Br)c1. The molecule has 17 heavy (non-hydrogen) atoms. The highest BCUT2D eigenvalue weighted by Gasteiger charge is 2.15. The molecule has 0 saturated carbocycles. The second kappa shape index (κ2) is 6.55. The molecule has 1 saturated heterocycles. The lowest BCUT2D eigenvalue weighted by Gasteiger charge is -2.19. The van der Waals surface area contributed by atoms with Crippen LogP contribution in [0.5, 0.6) is 0 Å². The van der Waals surface area contributed by atoms with Crippen LogP contribution in [0.25, 0.3) is 0 Å². The summed E-state index contributed by atoms with van der Waals surface area (Å²) in [5, 5.41) is 3.59. The van der Waals surface area contributed by atoms with Crippen LogP contribution in [0, 0.1) is 0 Å². The van der Waals surface area contributed by atoms with Gasteiger partial charge in [0.2, 0.25) is 0 Å². The molecule has 0 aliphatic carbocycles. The zero-order valence-corrected chi connectivity index (χ0v) is 14.1. The molecule has 1 fully saturated rings. The molecular formula is C12H14Br3NO. The van der Waals surface area contributed by atoms with Gasteiger partial charge >= 0.3 is 0 Å². The highest BCUT2D eigenvalue weighted by Crippen LogP contribution is 2.35. The predicted molar refractivity (Wildman–Crippen MR) is 81.6 cm³/mol. The molecule has 1 aliphatic rings. The van der Waals surface area contributed by atoms with E-state index in [9.17, 15) is 0 Å². The number of rotatable bonds is 2. The van der Waals surface area contributed by atoms with Gasteiger partial charge in [-0.3, -0.25) is 0 Å². The molecule has 5 heteroatoms. The van der Waals surface area contributed by atoms with Gasteiger partial charge in [-0.05, 0) is 63.3 Å². The molecule has 0 radical (unpaired) electrons. The van der Waals surface area contributed by atoms with E-state index in [1.807, 2.05) is 0 Å². The first-order chi connectivity index (χ1) is 8.16. The smallest absolute Gasteiger partial charge is 0.0631 e. The zero-order chi connectivity index (χ0) is 12.3. The Morgan fingerprint density at radius 1 is 1.06 bits per heavy atom. The van der Waals surface area contributed by atoms with Crippen LogP contribution in [0.1, 0.15) is 19.3 Å². The number of benzene rings is 1. The van der Waals surface area contributed by atoms with Crippen molar-refractivity contribution in [3.8, 4) is 0 Å². The molecule has 0 amide bonds. The number of hydrogen-bond donors (Lipinski definition) is 1. The lowest BCUT2D eigenvalue weighted by Crippen LogP contribution is -2.20. The van der Waals surface area contributed by atoms with Gasteiger partial charge in [-0.15, -0.1) is 0 Å². The second-order valence-electron chi connectivity index (χ2n) is 4.13. The van der Waals surface area contributed by atoms with E-state index in [4.69, 9.17) is 4.74 Å². The Morgan fingerprint density at radius 3 is 2.47 bits per heavy atom. The molecule has 1 N–H and O–H groups in total. The van der Waals surface area contributed by atoms with Crippen LogP contribution in [0.4, 0.5) is 5.69 Å².